The van der Waals surface area contributed by atoms with Gasteiger partial charge in [-0.2, -0.15) is 4.31 Å². The van der Waals surface area contributed by atoms with Crippen molar-refractivity contribution < 1.29 is 22.3 Å². The van der Waals surface area contributed by atoms with Crippen LogP contribution in [0.3, 0.4) is 0 Å². The fourth-order valence-electron chi connectivity index (χ4n) is 3.23. The Labute approximate surface area is 170 Å². The summed E-state index contributed by atoms with van der Waals surface area (Å²) in [5, 5.41) is 2.73. The number of hydrogen-bond donors (Lipinski definition) is 1. The number of amides is 1. The SMILES string of the molecule is CC[C@@H](C)c1ccccc1NC(=O)c1cc(S(=O)(=O)N2CCOCC2)ccc1F. The van der Waals surface area contributed by atoms with Gasteiger partial charge in [0.25, 0.3) is 5.91 Å². The first-order chi connectivity index (χ1) is 13.8. The maximum atomic E-state index is 14.4. The van der Waals surface area contributed by atoms with Crippen molar-refractivity contribution in [3.8, 4) is 0 Å². The van der Waals surface area contributed by atoms with Crippen molar-refractivity contribution in [1.82, 2.24) is 4.31 Å². The lowest BCUT2D eigenvalue weighted by atomic mass is 9.97. The molecule has 1 atom stereocenters. The van der Waals surface area contributed by atoms with Crippen LogP contribution in [0.15, 0.2) is 47.4 Å². The van der Waals surface area contributed by atoms with Crippen molar-refractivity contribution in [1.29, 1.82) is 0 Å². The van der Waals surface area contributed by atoms with Gasteiger partial charge in [0.15, 0.2) is 0 Å². The van der Waals surface area contributed by atoms with Gasteiger partial charge in [-0.25, -0.2) is 12.8 Å². The number of carbonyl (C=O) groups is 1. The summed E-state index contributed by atoms with van der Waals surface area (Å²) in [6, 6.07) is 10.6. The average Bonchev–Trinajstić information content (AvgIpc) is 2.74. The van der Waals surface area contributed by atoms with Crippen LogP contribution in [0.25, 0.3) is 0 Å². The predicted octanol–water partition coefficient (Wildman–Crippen LogP) is 3.61. The van der Waals surface area contributed by atoms with Gasteiger partial charge in [-0.3, -0.25) is 4.79 Å². The van der Waals surface area contributed by atoms with E-state index < -0.39 is 21.7 Å². The molecule has 0 aliphatic carbocycles. The first kappa shape index (κ1) is 21.4. The highest BCUT2D eigenvalue weighted by Gasteiger charge is 2.28. The molecule has 0 bridgehead atoms. The third kappa shape index (κ3) is 4.66. The highest BCUT2D eigenvalue weighted by molar-refractivity contribution is 7.89. The van der Waals surface area contributed by atoms with Crippen molar-refractivity contribution >= 4 is 21.6 Å². The van der Waals surface area contributed by atoms with Gasteiger partial charge >= 0.3 is 0 Å². The zero-order chi connectivity index (χ0) is 21.0. The van der Waals surface area contributed by atoms with Crippen LogP contribution >= 0.6 is 0 Å². The number of halogens is 1. The smallest absolute Gasteiger partial charge is 0.258 e. The second kappa shape index (κ2) is 9.02. The Bertz CT molecular complexity index is 988. The summed E-state index contributed by atoms with van der Waals surface area (Å²) in [6.07, 6.45) is 0.883. The van der Waals surface area contributed by atoms with Gasteiger partial charge < -0.3 is 10.1 Å². The zero-order valence-corrected chi connectivity index (χ0v) is 17.3. The molecule has 6 nitrogen and oxygen atoms in total. The maximum absolute atomic E-state index is 14.4. The Morgan fingerprint density at radius 1 is 1.21 bits per heavy atom. The number of morpholine rings is 1. The van der Waals surface area contributed by atoms with Gasteiger partial charge in [-0.05, 0) is 42.2 Å². The zero-order valence-electron chi connectivity index (χ0n) is 16.5. The third-order valence-corrected chi connectivity index (χ3v) is 7.04. The van der Waals surface area contributed by atoms with E-state index in [1.165, 1.54) is 10.4 Å². The van der Waals surface area contributed by atoms with E-state index in [0.717, 1.165) is 24.1 Å². The number of sulfonamides is 1. The first-order valence-corrected chi connectivity index (χ1v) is 11.1. The largest absolute Gasteiger partial charge is 0.379 e. The summed E-state index contributed by atoms with van der Waals surface area (Å²) in [6.45, 7) is 5.15. The van der Waals surface area contributed by atoms with Gasteiger partial charge in [-0.1, -0.05) is 32.0 Å². The van der Waals surface area contributed by atoms with E-state index >= 15 is 0 Å². The van der Waals surface area contributed by atoms with Gasteiger partial charge in [0, 0.05) is 18.8 Å². The Kier molecular flexibility index (Phi) is 6.66. The summed E-state index contributed by atoms with van der Waals surface area (Å²) < 4.78 is 46.5. The molecule has 0 aromatic heterocycles. The molecule has 1 N–H and O–H groups in total. The highest BCUT2D eigenvalue weighted by Crippen LogP contribution is 2.27. The molecule has 1 saturated heterocycles. The Balaban J connectivity index is 1.90. The molecule has 1 heterocycles. The number of carbonyl (C=O) groups excluding carboxylic acids is 1. The quantitative estimate of drug-likeness (QED) is 0.775. The van der Waals surface area contributed by atoms with E-state index in [1.54, 1.807) is 12.1 Å². The van der Waals surface area contributed by atoms with Gasteiger partial charge in [0.1, 0.15) is 5.82 Å². The van der Waals surface area contributed by atoms with Crippen molar-refractivity contribution in [3.63, 3.8) is 0 Å². The molecule has 0 radical (unpaired) electrons. The van der Waals surface area contributed by atoms with E-state index in [1.807, 2.05) is 26.0 Å². The Morgan fingerprint density at radius 3 is 2.59 bits per heavy atom. The normalized spacial score (nSPS) is 16.4. The lowest BCUT2D eigenvalue weighted by molar-refractivity contribution is 0.0730. The van der Waals surface area contributed by atoms with Gasteiger partial charge in [0.05, 0.1) is 23.7 Å². The lowest BCUT2D eigenvalue weighted by Gasteiger charge is -2.26. The Morgan fingerprint density at radius 2 is 1.90 bits per heavy atom. The number of rotatable bonds is 6. The molecule has 0 unspecified atom stereocenters. The molecule has 1 fully saturated rings. The van der Waals surface area contributed by atoms with E-state index in [4.69, 9.17) is 4.74 Å². The van der Waals surface area contributed by atoms with Gasteiger partial charge in [0.2, 0.25) is 10.0 Å². The fraction of sp³-hybridized carbons (Fsp3) is 0.381. The molecule has 3 rings (SSSR count). The average molecular weight is 421 g/mol. The lowest BCUT2D eigenvalue weighted by Crippen LogP contribution is -2.40. The molecule has 0 saturated carbocycles. The molecule has 1 aliphatic heterocycles. The van der Waals surface area contributed by atoms with Crippen LogP contribution in [-0.4, -0.2) is 44.9 Å². The molecule has 156 valence electrons. The van der Waals surface area contributed by atoms with Crippen LogP contribution in [0.4, 0.5) is 10.1 Å². The van der Waals surface area contributed by atoms with E-state index in [2.05, 4.69) is 5.32 Å². The minimum atomic E-state index is -3.83. The summed E-state index contributed by atoms with van der Waals surface area (Å²) in [4.78, 5) is 12.7. The van der Waals surface area contributed by atoms with E-state index in [-0.39, 0.29) is 29.5 Å². The second-order valence-corrected chi connectivity index (χ2v) is 8.95. The van der Waals surface area contributed by atoms with Crippen molar-refractivity contribution in [2.24, 2.45) is 0 Å². The van der Waals surface area contributed by atoms with Crippen molar-refractivity contribution in [3.05, 3.63) is 59.4 Å². The summed E-state index contributed by atoms with van der Waals surface area (Å²) >= 11 is 0. The van der Waals surface area contributed by atoms with Crippen molar-refractivity contribution in [2.75, 3.05) is 31.6 Å². The molecule has 8 heteroatoms. The van der Waals surface area contributed by atoms with Crippen LogP contribution in [0.5, 0.6) is 0 Å². The number of nitrogens with zero attached hydrogens (tertiary/aromatic N) is 1. The van der Waals surface area contributed by atoms with Gasteiger partial charge in [-0.15, -0.1) is 0 Å². The minimum Gasteiger partial charge on any atom is -0.379 e. The molecule has 1 aliphatic rings. The number of ether oxygens (including phenoxy) is 1. The maximum Gasteiger partial charge on any atom is 0.258 e. The van der Waals surface area contributed by atoms with Crippen molar-refractivity contribution in [2.45, 2.75) is 31.1 Å². The van der Waals surface area contributed by atoms with Crippen LogP contribution < -0.4 is 5.32 Å². The minimum absolute atomic E-state index is 0.110. The number of anilines is 1. The number of hydrogen-bond acceptors (Lipinski definition) is 4. The first-order valence-electron chi connectivity index (χ1n) is 9.62. The van der Waals surface area contributed by atoms with Crippen LogP contribution in [-0.2, 0) is 14.8 Å². The molecule has 2 aromatic rings. The standard InChI is InChI=1S/C21H25FN2O4S/c1-3-15(2)17-6-4-5-7-20(17)23-21(25)18-14-16(8-9-19(18)22)29(26,27)24-10-12-28-13-11-24/h4-9,14-15H,3,10-13H2,1-2H3,(H,23,25)/t15-/m1/s1. The fourth-order valence-corrected chi connectivity index (χ4v) is 4.66. The molecular formula is C21H25FN2O4S. The Hall–Kier alpha value is -2.29. The highest BCUT2D eigenvalue weighted by atomic mass is 32.2. The number of nitrogens with one attached hydrogen (secondary N) is 1. The molecule has 29 heavy (non-hydrogen) atoms. The molecule has 0 spiro atoms. The number of para-hydroxylation sites is 1. The van der Waals surface area contributed by atoms with Crippen LogP contribution in [0, 0.1) is 5.82 Å². The van der Waals surface area contributed by atoms with Crippen LogP contribution in [0.1, 0.15) is 42.1 Å². The third-order valence-electron chi connectivity index (χ3n) is 5.14. The topological polar surface area (TPSA) is 75.7 Å². The van der Waals surface area contributed by atoms with E-state index in [9.17, 15) is 17.6 Å². The molecule has 1 amide bonds. The predicted molar refractivity (Wildman–Crippen MR) is 109 cm³/mol. The number of benzene rings is 2. The summed E-state index contributed by atoms with van der Waals surface area (Å²) in [5.74, 6) is -1.24. The molecule has 2 aromatic carbocycles. The monoisotopic (exact) mass is 420 g/mol. The van der Waals surface area contributed by atoms with E-state index in [0.29, 0.717) is 18.9 Å². The second-order valence-electron chi connectivity index (χ2n) is 7.01. The molecular weight excluding hydrogens is 395 g/mol. The summed E-state index contributed by atoms with van der Waals surface area (Å²) in [5.41, 5.74) is 1.23. The van der Waals surface area contributed by atoms with Crippen LogP contribution in [0.2, 0.25) is 0 Å². The summed E-state index contributed by atoms with van der Waals surface area (Å²) in [7, 11) is -3.83.